The van der Waals surface area contributed by atoms with Gasteiger partial charge in [0.15, 0.2) is 0 Å². The van der Waals surface area contributed by atoms with Gasteiger partial charge in [0, 0.05) is 24.0 Å². The highest BCUT2D eigenvalue weighted by Crippen LogP contribution is 2.21. The highest BCUT2D eigenvalue weighted by Gasteiger charge is 2.07. The maximum absolute atomic E-state index is 3.40. The fraction of sp³-hybridized carbons (Fsp3) is 0.333. The van der Waals surface area contributed by atoms with Crippen molar-refractivity contribution >= 4 is 16.7 Å². The topological polar surface area (TPSA) is 19.0 Å². The summed E-state index contributed by atoms with van der Waals surface area (Å²) in [5.41, 5.74) is 1.20. The summed E-state index contributed by atoms with van der Waals surface area (Å²) in [6.07, 6.45) is 0. The number of aromatic nitrogens is 1. The third-order valence-electron chi connectivity index (χ3n) is 2.67. The van der Waals surface area contributed by atoms with Crippen LogP contribution in [0.3, 0.4) is 0 Å². The third kappa shape index (κ3) is 1.48. The molecule has 14 heavy (non-hydrogen) atoms. The maximum atomic E-state index is 3.40. The van der Waals surface area contributed by atoms with Crippen LogP contribution in [0.4, 0.5) is 5.82 Å². The van der Waals surface area contributed by atoms with E-state index in [1.54, 1.807) is 0 Å². The van der Waals surface area contributed by atoms with Gasteiger partial charge in [0.25, 0.3) is 0 Å². The highest BCUT2D eigenvalue weighted by atomic mass is 15.2. The largest absolute Gasteiger partial charge is 0.359 e. The summed E-state index contributed by atoms with van der Waals surface area (Å²) in [7, 11) is 2.11. The SMILES string of the molecule is CC(C)N(C)c1cc2ccccc2[nH]1. The summed E-state index contributed by atoms with van der Waals surface area (Å²) in [6.45, 7) is 4.37. The van der Waals surface area contributed by atoms with Crippen LogP contribution in [0.1, 0.15) is 13.8 Å². The first-order valence-electron chi connectivity index (χ1n) is 4.99. The molecule has 0 aliphatic carbocycles. The molecular formula is C12H16N2. The molecule has 0 amide bonds. The van der Waals surface area contributed by atoms with E-state index in [1.807, 2.05) is 0 Å². The first kappa shape index (κ1) is 9.13. The molecule has 1 aromatic heterocycles. The number of aromatic amines is 1. The van der Waals surface area contributed by atoms with Crippen molar-refractivity contribution in [1.82, 2.24) is 4.98 Å². The number of rotatable bonds is 2. The van der Waals surface area contributed by atoms with Gasteiger partial charge >= 0.3 is 0 Å². The lowest BCUT2D eigenvalue weighted by molar-refractivity contribution is 0.747. The van der Waals surface area contributed by atoms with Crippen LogP contribution in [0.5, 0.6) is 0 Å². The quantitative estimate of drug-likeness (QED) is 0.767. The van der Waals surface area contributed by atoms with Gasteiger partial charge < -0.3 is 9.88 Å². The van der Waals surface area contributed by atoms with Crippen LogP contribution < -0.4 is 4.90 Å². The van der Waals surface area contributed by atoms with Crippen molar-refractivity contribution in [3.63, 3.8) is 0 Å². The summed E-state index contributed by atoms with van der Waals surface area (Å²) < 4.78 is 0. The van der Waals surface area contributed by atoms with Gasteiger partial charge in [-0.05, 0) is 26.0 Å². The Morgan fingerprint density at radius 2 is 1.93 bits per heavy atom. The first-order chi connectivity index (χ1) is 6.68. The Morgan fingerprint density at radius 1 is 1.21 bits per heavy atom. The molecule has 0 unspecified atom stereocenters. The monoisotopic (exact) mass is 188 g/mol. The number of nitrogens with one attached hydrogen (secondary N) is 1. The minimum Gasteiger partial charge on any atom is -0.359 e. The Kier molecular flexibility index (Phi) is 2.20. The number of hydrogen-bond donors (Lipinski definition) is 1. The van der Waals surface area contributed by atoms with Crippen LogP contribution in [0.25, 0.3) is 10.9 Å². The zero-order chi connectivity index (χ0) is 10.1. The molecule has 0 radical (unpaired) electrons. The van der Waals surface area contributed by atoms with E-state index in [0.29, 0.717) is 6.04 Å². The van der Waals surface area contributed by atoms with Crippen molar-refractivity contribution in [3.8, 4) is 0 Å². The zero-order valence-corrected chi connectivity index (χ0v) is 8.91. The standard InChI is InChI=1S/C12H16N2/c1-9(2)14(3)12-8-10-6-4-5-7-11(10)13-12/h4-9,13H,1-3H3. The third-order valence-corrected chi connectivity index (χ3v) is 2.67. The van der Waals surface area contributed by atoms with Gasteiger partial charge in [-0.1, -0.05) is 18.2 Å². The second kappa shape index (κ2) is 3.37. The lowest BCUT2D eigenvalue weighted by Gasteiger charge is -2.21. The number of para-hydroxylation sites is 1. The number of benzene rings is 1. The summed E-state index contributed by atoms with van der Waals surface area (Å²) in [6, 6.07) is 11.1. The van der Waals surface area contributed by atoms with E-state index in [0.717, 1.165) is 0 Å². The van der Waals surface area contributed by atoms with E-state index in [9.17, 15) is 0 Å². The molecule has 0 saturated carbocycles. The van der Waals surface area contributed by atoms with Gasteiger partial charge in [-0.2, -0.15) is 0 Å². The zero-order valence-electron chi connectivity index (χ0n) is 8.91. The van der Waals surface area contributed by atoms with Crippen LogP contribution in [0, 0.1) is 0 Å². The lowest BCUT2D eigenvalue weighted by atomic mass is 10.2. The van der Waals surface area contributed by atoms with Crippen molar-refractivity contribution in [2.75, 3.05) is 11.9 Å². The average molecular weight is 188 g/mol. The van der Waals surface area contributed by atoms with E-state index in [2.05, 4.69) is 61.1 Å². The molecule has 2 rings (SSSR count). The molecule has 0 aliphatic heterocycles. The van der Waals surface area contributed by atoms with Gasteiger partial charge in [-0.3, -0.25) is 0 Å². The van der Waals surface area contributed by atoms with Crippen molar-refractivity contribution < 1.29 is 0 Å². The predicted octanol–water partition coefficient (Wildman–Crippen LogP) is 3.01. The lowest BCUT2D eigenvalue weighted by Crippen LogP contribution is -2.25. The van der Waals surface area contributed by atoms with E-state index in [4.69, 9.17) is 0 Å². The average Bonchev–Trinajstić information content (AvgIpc) is 2.59. The van der Waals surface area contributed by atoms with Gasteiger partial charge in [0.1, 0.15) is 5.82 Å². The van der Waals surface area contributed by atoms with Crippen LogP contribution in [0.2, 0.25) is 0 Å². The second-order valence-electron chi connectivity index (χ2n) is 3.95. The van der Waals surface area contributed by atoms with Crippen molar-refractivity contribution in [2.24, 2.45) is 0 Å². The number of fused-ring (bicyclic) bond motifs is 1. The second-order valence-corrected chi connectivity index (χ2v) is 3.95. The molecule has 1 heterocycles. The normalized spacial score (nSPS) is 11.1. The Balaban J connectivity index is 2.45. The van der Waals surface area contributed by atoms with E-state index in [-0.39, 0.29) is 0 Å². The molecule has 2 aromatic rings. The van der Waals surface area contributed by atoms with Gasteiger partial charge in [0.05, 0.1) is 0 Å². The molecule has 1 aromatic carbocycles. The Bertz CT molecular complexity index is 396. The predicted molar refractivity (Wildman–Crippen MR) is 61.8 cm³/mol. The Hall–Kier alpha value is -1.44. The highest BCUT2D eigenvalue weighted by molar-refractivity contribution is 5.83. The van der Waals surface area contributed by atoms with Crippen molar-refractivity contribution in [1.29, 1.82) is 0 Å². The molecule has 1 N–H and O–H groups in total. The minimum atomic E-state index is 0.517. The number of H-pyrrole nitrogens is 1. The number of hydrogen-bond acceptors (Lipinski definition) is 1. The Morgan fingerprint density at radius 3 is 2.57 bits per heavy atom. The van der Waals surface area contributed by atoms with Gasteiger partial charge in [-0.15, -0.1) is 0 Å². The van der Waals surface area contributed by atoms with Crippen LogP contribution in [0.15, 0.2) is 30.3 Å². The molecule has 2 nitrogen and oxygen atoms in total. The fourth-order valence-electron chi connectivity index (χ4n) is 1.53. The molecule has 2 heteroatoms. The van der Waals surface area contributed by atoms with Crippen molar-refractivity contribution in [2.45, 2.75) is 19.9 Å². The van der Waals surface area contributed by atoms with Crippen molar-refractivity contribution in [3.05, 3.63) is 30.3 Å². The molecule has 0 aliphatic rings. The van der Waals surface area contributed by atoms with Crippen LogP contribution >= 0.6 is 0 Å². The van der Waals surface area contributed by atoms with E-state index in [1.165, 1.54) is 16.7 Å². The van der Waals surface area contributed by atoms with Crippen LogP contribution in [-0.2, 0) is 0 Å². The molecule has 74 valence electrons. The molecular weight excluding hydrogens is 172 g/mol. The summed E-state index contributed by atoms with van der Waals surface area (Å²) in [5, 5.41) is 1.27. The van der Waals surface area contributed by atoms with Crippen LogP contribution in [-0.4, -0.2) is 18.1 Å². The summed E-state index contributed by atoms with van der Waals surface area (Å²) in [5.74, 6) is 1.18. The molecule has 0 fully saturated rings. The number of anilines is 1. The maximum Gasteiger partial charge on any atom is 0.106 e. The molecule has 0 saturated heterocycles. The molecule has 0 atom stereocenters. The van der Waals surface area contributed by atoms with Gasteiger partial charge in [-0.25, -0.2) is 0 Å². The molecule has 0 bridgehead atoms. The van der Waals surface area contributed by atoms with E-state index >= 15 is 0 Å². The van der Waals surface area contributed by atoms with Gasteiger partial charge in [0.2, 0.25) is 0 Å². The Labute approximate surface area is 84.5 Å². The first-order valence-corrected chi connectivity index (χ1v) is 4.99. The number of nitrogens with zero attached hydrogens (tertiary/aromatic N) is 1. The smallest absolute Gasteiger partial charge is 0.106 e. The fourth-order valence-corrected chi connectivity index (χ4v) is 1.53. The summed E-state index contributed by atoms with van der Waals surface area (Å²) >= 11 is 0. The summed E-state index contributed by atoms with van der Waals surface area (Å²) in [4.78, 5) is 5.64. The minimum absolute atomic E-state index is 0.517. The van der Waals surface area contributed by atoms with E-state index < -0.39 is 0 Å². The molecule has 0 spiro atoms.